The lowest BCUT2D eigenvalue weighted by atomic mass is 10.1. The van der Waals surface area contributed by atoms with E-state index in [4.69, 9.17) is 9.47 Å². The second-order valence-electron chi connectivity index (χ2n) is 8.07. The molecule has 1 fully saturated rings. The molecular formula is C16H28N4O11PS+. The van der Waals surface area contributed by atoms with E-state index < -0.39 is 56.9 Å². The first-order valence-electron chi connectivity index (χ1n) is 9.56. The fraction of sp³-hybridized carbons (Fsp3) is 0.688. The van der Waals surface area contributed by atoms with Crippen LogP contribution < -0.4 is 10.4 Å². The molecule has 1 aliphatic heterocycles. The summed E-state index contributed by atoms with van der Waals surface area (Å²) in [6.07, 6.45) is -6.86. The monoisotopic (exact) mass is 515 g/mol. The summed E-state index contributed by atoms with van der Waals surface area (Å²) in [7, 11) is 0.518. The molecule has 0 radical (unpaired) electrons. The SMILES string of the molecule is C[N+](C)(C)CCOC(O)C(=O)OP(=O)(O)OCC1OC(n2ccc(NS)nc2=O)C(O)C1O. The van der Waals surface area contributed by atoms with Gasteiger partial charge in [-0.15, -0.1) is 0 Å². The quantitative estimate of drug-likeness (QED) is 0.0805. The number of anilines is 1. The molecule has 0 saturated carbocycles. The molecule has 1 saturated heterocycles. The van der Waals surface area contributed by atoms with Crippen molar-refractivity contribution < 1.29 is 52.6 Å². The third-order valence-electron chi connectivity index (χ3n) is 4.40. The lowest BCUT2D eigenvalue weighted by Crippen LogP contribution is -2.39. The predicted molar refractivity (Wildman–Crippen MR) is 114 cm³/mol. The molecule has 0 amide bonds. The highest BCUT2D eigenvalue weighted by molar-refractivity contribution is 7.81. The van der Waals surface area contributed by atoms with Gasteiger partial charge in [0.25, 0.3) is 6.29 Å². The fourth-order valence-corrected chi connectivity index (χ4v) is 3.45. The van der Waals surface area contributed by atoms with Crippen molar-refractivity contribution in [3.8, 4) is 0 Å². The van der Waals surface area contributed by atoms with Gasteiger partial charge >= 0.3 is 19.5 Å². The molecule has 17 heteroatoms. The highest BCUT2D eigenvalue weighted by atomic mass is 32.1. The number of carbonyl (C=O) groups excluding carboxylic acids is 1. The standard InChI is InChI=1S/C16H27N4O11PS/c1-20(2,3)6-7-28-14(23)15(24)31-32(26,27)29-8-9-11(21)12(22)13(30-9)19-5-4-10(18-33)17-16(19)25/h4-5,9,11-14,21-23H,6-8H2,1-3H3,(H2-,17,18,25,26,27,33)/p+1. The number of aliphatic hydroxyl groups is 3. The van der Waals surface area contributed by atoms with Gasteiger partial charge in [0.2, 0.25) is 0 Å². The third kappa shape index (κ3) is 7.99. The number of aromatic nitrogens is 2. The smallest absolute Gasteiger partial charge is 0.387 e. The highest BCUT2D eigenvalue weighted by Crippen LogP contribution is 2.44. The largest absolute Gasteiger partial charge is 0.529 e. The maximum absolute atomic E-state index is 12.1. The van der Waals surface area contributed by atoms with E-state index in [-0.39, 0.29) is 12.4 Å². The van der Waals surface area contributed by atoms with Gasteiger partial charge in [-0.25, -0.2) is 14.2 Å². The zero-order chi connectivity index (χ0) is 25.0. The normalized spacial score (nSPS) is 25.9. The second kappa shape index (κ2) is 11.2. The van der Waals surface area contributed by atoms with Crippen LogP contribution in [0, 0.1) is 0 Å². The van der Waals surface area contributed by atoms with E-state index in [1.807, 2.05) is 21.1 Å². The lowest BCUT2D eigenvalue weighted by molar-refractivity contribution is -0.870. The lowest BCUT2D eigenvalue weighted by Gasteiger charge is -2.24. The molecule has 33 heavy (non-hydrogen) atoms. The number of thiol groups is 1. The molecule has 15 nitrogen and oxygen atoms in total. The van der Waals surface area contributed by atoms with Crippen molar-refractivity contribution in [3.05, 3.63) is 22.7 Å². The van der Waals surface area contributed by atoms with Crippen LogP contribution in [0.4, 0.5) is 5.82 Å². The van der Waals surface area contributed by atoms with E-state index in [1.54, 1.807) is 0 Å². The first kappa shape index (κ1) is 27.7. The van der Waals surface area contributed by atoms with Crippen LogP contribution in [0.3, 0.4) is 0 Å². The first-order valence-corrected chi connectivity index (χ1v) is 11.5. The molecule has 0 aliphatic carbocycles. The van der Waals surface area contributed by atoms with Gasteiger partial charge in [-0.05, 0) is 6.07 Å². The van der Waals surface area contributed by atoms with Crippen molar-refractivity contribution in [2.24, 2.45) is 0 Å². The summed E-state index contributed by atoms with van der Waals surface area (Å²) in [5.41, 5.74) is -0.826. The summed E-state index contributed by atoms with van der Waals surface area (Å²) >= 11 is 3.76. The minimum atomic E-state index is -5.04. The van der Waals surface area contributed by atoms with Gasteiger partial charge in [-0.1, -0.05) is 12.8 Å². The van der Waals surface area contributed by atoms with Crippen molar-refractivity contribution in [1.29, 1.82) is 0 Å². The average Bonchev–Trinajstić information content (AvgIpc) is 2.99. The molecule has 2 heterocycles. The van der Waals surface area contributed by atoms with Gasteiger partial charge in [0, 0.05) is 6.20 Å². The van der Waals surface area contributed by atoms with Crippen molar-refractivity contribution in [2.45, 2.75) is 30.8 Å². The number of aliphatic hydroxyl groups excluding tert-OH is 3. The zero-order valence-electron chi connectivity index (χ0n) is 18.0. The number of phosphoric acid groups is 1. The molecule has 188 valence electrons. The van der Waals surface area contributed by atoms with Gasteiger partial charge in [-0.3, -0.25) is 14.0 Å². The minimum Gasteiger partial charge on any atom is -0.387 e. The predicted octanol–water partition coefficient (Wildman–Crippen LogP) is -2.18. The van der Waals surface area contributed by atoms with E-state index in [1.165, 1.54) is 12.3 Å². The van der Waals surface area contributed by atoms with E-state index in [0.29, 0.717) is 11.0 Å². The number of ether oxygens (including phenoxy) is 2. The van der Waals surface area contributed by atoms with E-state index in [0.717, 1.165) is 4.57 Å². The molecule has 2 rings (SSSR count). The number of rotatable bonds is 11. The Kier molecular flexibility index (Phi) is 9.41. The Bertz CT molecular complexity index is 926. The van der Waals surface area contributed by atoms with Crippen LogP contribution in [0.25, 0.3) is 0 Å². The number of quaternary nitrogens is 1. The maximum atomic E-state index is 12.1. The topological polar surface area (TPSA) is 199 Å². The van der Waals surface area contributed by atoms with Crippen molar-refractivity contribution in [3.63, 3.8) is 0 Å². The van der Waals surface area contributed by atoms with Gasteiger partial charge in [-0.2, -0.15) is 4.98 Å². The van der Waals surface area contributed by atoms with E-state index >= 15 is 0 Å². The number of phosphoric ester groups is 1. The fourth-order valence-electron chi connectivity index (χ4n) is 2.62. The highest BCUT2D eigenvalue weighted by Gasteiger charge is 2.45. The number of carbonyl (C=O) groups is 1. The summed E-state index contributed by atoms with van der Waals surface area (Å²) in [6.45, 7) is -0.395. The first-order chi connectivity index (χ1) is 15.2. The summed E-state index contributed by atoms with van der Waals surface area (Å²) in [4.78, 5) is 37.2. The van der Waals surface area contributed by atoms with Crippen LogP contribution in [-0.4, -0.2) is 106 Å². The molecule has 0 bridgehead atoms. The number of nitrogens with one attached hydrogen (secondary N) is 1. The zero-order valence-corrected chi connectivity index (χ0v) is 19.8. The number of hydrogen-bond acceptors (Lipinski definition) is 13. The molecule has 1 aliphatic rings. The summed E-state index contributed by atoms with van der Waals surface area (Å²) in [5, 5.41) is 30.0. The Morgan fingerprint density at radius 2 is 2.06 bits per heavy atom. The Morgan fingerprint density at radius 1 is 1.39 bits per heavy atom. The summed E-state index contributed by atoms with van der Waals surface area (Å²) in [5.74, 6) is -1.41. The van der Waals surface area contributed by atoms with Crippen molar-refractivity contribution >= 4 is 32.4 Å². The second-order valence-corrected chi connectivity index (χ2v) is 9.67. The van der Waals surface area contributed by atoms with Crippen LogP contribution in [-0.2, 0) is 27.9 Å². The Labute approximate surface area is 194 Å². The van der Waals surface area contributed by atoms with Gasteiger partial charge < -0.3 is 38.5 Å². The molecule has 5 N–H and O–H groups in total. The third-order valence-corrected chi connectivity index (χ3v) is 5.52. The maximum Gasteiger partial charge on any atom is 0.529 e. The average molecular weight is 515 g/mol. The molecule has 0 aromatic carbocycles. The molecule has 6 unspecified atom stereocenters. The van der Waals surface area contributed by atoms with Crippen LogP contribution in [0.15, 0.2) is 17.1 Å². The Morgan fingerprint density at radius 3 is 2.64 bits per heavy atom. The Balaban J connectivity index is 1.92. The molecule has 6 atom stereocenters. The summed E-state index contributed by atoms with van der Waals surface area (Å²) in [6, 6.07) is 1.36. The minimum absolute atomic E-state index is 0.0308. The number of nitrogens with zero attached hydrogens (tertiary/aromatic N) is 3. The molecule has 0 spiro atoms. The van der Waals surface area contributed by atoms with E-state index in [9.17, 15) is 34.4 Å². The van der Waals surface area contributed by atoms with Crippen molar-refractivity contribution in [1.82, 2.24) is 9.55 Å². The van der Waals surface area contributed by atoms with Crippen LogP contribution in [0.1, 0.15) is 6.23 Å². The van der Waals surface area contributed by atoms with Gasteiger partial charge in [0.05, 0.1) is 34.4 Å². The molecular weight excluding hydrogens is 487 g/mol. The molecule has 1 aromatic heterocycles. The van der Waals surface area contributed by atoms with E-state index in [2.05, 4.69) is 31.6 Å². The Hall–Kier alpha value is -1.59. The molecule has 1 aromatic rings. The van der Waals surface area contributed by atoms with Crippen LogP contribution in [0.2, 0.25) is 0 Å². The van der Waals surface area contributed by atoms with Crippen LogP contribution in [0.5, 0.6) is 0 Å². The van der Waals surface area contributed by atoms with Crippen molar-refractivity contribution in [2.75, 3.05) is 45.6 Å². The van der Waals surface area contributed by atoms with Gasteiger partial charge in [0.15, 0.2) is 6.23 Å². The van der Waals surface area contributed by atoms with Crippen LogP contribution >= 0.6 is 20.6 Å². The summed E-state index contributed by atoms with van der Waals surface area (Å²) < 4.78 is 34.9. The van der Waals surface area contributed by atoms with Gasteiger partial charge in [0.1, 0.15) is 30.7 Å². The number of likely N-dealkylation sites (N-methyl/N-ethyl adjacent to an activating group) is 1. The number of hydrogen-bond donors (Lipinski definition) is 6.